The Morgan fingerprint density at radius 1 is 0.880 bits per heavy atom. The average molecular weight is 336 g/mol. The fourth-order valence-electron chi connectivity index (χ4n) is 3.94. The number of nitrogens with zero attached hydrogens (tertiary/aromatic N) is 2. The minimum absolute atomic E-state index is 0.123. The molecule has 2 fully saturated rings. The quantitative estimate of drug-likeness (QED) is 0.758. The van der Waals surface area contributed by atoms with Crippen molar-refractivity contribution in [2.75, 3.05) is 0 Å². The van der Waals surface area contributed by atoms with Gasteiger partial charge in [-0.1, -0.05) is 67.1 Å². The summed E-state index contributed by atoms with van der Waals surface area (Å²) in [4.78, 5) is 12.7. The number of benzene rings is 2. The van der Waals surface area contributed by atoms with Crippen LogP contribution in [0.5, 0.6) is 0 Å². The van der Waals surface area contributed by atoms with Crippen LogP contribution in [0.1, 0.15) is 43.2 Å². The van der Waals surface area contributed by atoms with Crippen LogP contribution in [0.15, 0.2) is 60.7 Å². The zero-order valence-corrected chi connectivity index (χ0v) is 14.4. The average Bonchev–Trinajstić information content (AvgIpc) is 3.26. The van der Waals surface area contributed by atoms with Crippen molar-refractivity contribution >= 4 is 6.09 Å². The molecule has 4 nitrogen and oxygen atoms in total. The molecular formula is C21H24N2O2. The van der Waals surface area contributed by atoms with E-state index in [2.05, 4.69) is 17.1 Å². The molecule has 1 atom stereocenters. The summed E-state index contributed by atoms with van der Waals surface area (Å²) in [6.45, 7) is 1.09. The van der Waals surface area contributed by atoms with Crippen molar-refractivity contribution in [3.8, 4) is 0 Å². The molecule has 4 rings (SSSR count). The molecule has 2 aliphatic rings. The molecule has 1 aliphatic heterocycles. The highest BCUT2D eigenvalue weighted by Gasteiger charge is 2.64. The first-order valence-corrected chi connectivity index (χ1v) is 9.12. The number of hydrogen-bond donors (Lipinski definition) is 0. The van der Waals surface area contributed by atoms with Crippen LogP contribution in [-0.2, 0) is 17.9 Å². The summed E-state index contributed by atoms with van der Waals surface area (Å²) in [5.74, 6) is 0. The third kappa shape index (κ3) is 3.27. The molecule has 1 spiro atoms. The third-order valence-corrected chi connectivity index (χ3v) is 5.28. The molecule has 0 bridgehead atoms. The van der Waals surface area contributed by atoms with Gasteiger partial charge in [0.15, 0.2) is 0 Å². The van der Waals surface area contributed by atoms with Crippen molar-refractivity contribution in [1.29, 1.82) is 0 Å². The summed E-state index contributed by atoms with van der Waals surface area (Å²) in [6.07, 6.45) is 5.47. The van der Waals surface area contributed by atoms with Crippen LogP contribution < -0.4 is 0 Å². The second kappa shape index (κ2) is 6.89. The number of ether oxygens (including phenoxy) is 1. The first-order valence-electron chi connectivity index (χ1n) is 9.12. The molecule has 0 aromatic heterocycles. The van der Waals surface area contributed by atoms with Gasteiger partial charge < -0.3 is 4.74 Å². The molecule has 1 unspecified atom stereocenters. The number of rotatable bonds is 4. The van der Waals surface area contributed by atoms with Crippen LogP contribution in [0, 0.1) is 0 Å². The van der Waals surface area contributed by atoms with E-state index in [1.165, 1.54) is 24.8 Å². The molecule has 1 amide bonds. The van der Waals surface area contributed by atoms with Crippen LogP contribution in [0.25, 0.3) is 0 Å². The molecule has 2 aromatic rings. The van der Waals surface area contributed by atoms with Gasteiger partial charge in [0, 0.05) is 6.54 Å². The second-order valence-corrected chi connectivity index (χ2v) is 6.94. The highest BCUT2D eigenvalue weighted by atomic mass is 16.6. The summed E-state index contributed by atoms with van der Waals surface area (Å²) in [6, 6.07) is 20.2. The normalized spacial score (nSPS) is 21.1. The van der Waals surface area contributed by atoms with E-state index in [0.29, 0.717) is 6.61 Å². The third-order valence-electron chi connectivity index (χ3n) is 5.28. The van der Waals surface area contributed by atoms with Gasteiger partial charge in [-0.25, -0.2) is 9.80 Å². The topological polar surface area (TPSA) is 32.3 Å². The minimum atomic E-state index is -0.221. The lowest BCUT2D eigenvalue weighted by molar-refractivity contribution is 0.103. The Bertz CT molecular complexity index is 711. The first-order chi connectivity index (χ1) is 12.3. The maximum atomic E-state index is 12.7. The largest absolute Gasteiger partial charge is 0.444 e. The summed E-state index contributed by atoms with van der Waals surface area (Å²) in [5.41, 5.74) is 2.12. The molecule has 2 aromatic carbocycles. The number of carbonyl (C=O) groups excluding carboxylic acids is 1. The first kappa shape index (κ1) is 16.2. The smallest absolute Gasteiger partial charge is 0.426 e. The fraction of sp³-hybridized carbons (Fsp3) is 0.381. The lowest BCUT2D eigenvalue weighted by Gasteiger charge is -2.20. The predicted octanol–water partition coefficient (Wildman–Crippen LogP) is 4.72. The molecule has 1 aliphatic carbocycles. The van der Waals surface area contributed by atoms with Crippen LogP contribution in [0.4, 0.5) is 4.79 Å². The van der Waals surface area contributed by atoms with Gasteiger partial charge in [0.25, 0.3) is 0 Å². The summed E-state index contributed by atoms with van der Waals surface area (Å²) >= 11 is 0. The minimum Gasteiger partial charge on any atom is -0.444 e. The van der Waals surface area contributed by atoms with Gasteiger partial charge in [-0.15, -0.1) is 0 Å². The number of amides is 1. The van der Waals surface area contributed by atoms with Gasteiger partial charge in [-0.3, -0.25) is 0 Å². The molecule has 1 saturated heterocycles. The molecule has 1 heterocycles. The Hall–Kier alpha value is -2.33. The zero-order valence-electron chi connectivity index (χ0n) is 14.4. The van der Waals surface area contributed by atoms with E-state index in [-0.39, 0.29) is 11.8 Å². The van der Waals surface area contributed by atoms with Crippen LogP contribution in [-0.4, -0.2) is 21.8 Å². The van der Waals surface area contributed by atoms with Crippen molar-refractivity contribution in [3.05, 3.63) is 71.8 Å². The highest BCUT2D eigenvalue weighted by molar-refractivity contribution is 5.71. The van der Waals surface area contributed by atoms with E-state index in [4.69, 9.17) is 4.74 Å². The summed E-state index contributed by atoms with van der Waals surface area (Å²) in [5, 5.41) is 4.07. The number of hydrogen-bond acceptors (Lipinski definition) is 3. The van der Waals surface area contributed by atoms with Crippen LogP contribution in [0.2, 0.25) is 0 Å². The van der Waals surface area contributed by atoms with Crippen molar-refractivity contribution in [3.63, 3.8) is 0 Å². The van der Waals surface area contributed by atoms with Gasteiger partial charge in [0.05, 0.1) is 0 Å². The Kier molecular flexibility index (Phi) is 4.45. The van der Waals surface area contributed by atoms with Crippen molar-refractivity contribution < 1.29 is 9.53 Å². The second-order valence-electron chi connectivity index (χ2n) is 6.94. The lowest BCUT2D eigenvalue weighted by atomic mass is 9.92. The monoisotopic (exact) mass is 336 g/mol. The van der Waals surface area contributed by atoms with Crippen LogP contribution in [0.3, 0.4) is 0 Å². The Balaban J connectivity index is 1.45. The molecule has 130 valence electrons. The number of carbonyl (C=O) groups is 1. The predicted molar refractivity (Wildman–Crippen MR) is 96.3 cm³/mol. The van der Waals surface area contributed by atoms with E-state index in [0.717, 1.165) is 24.9 Å². The lowest BCUT2D eigenvalue weighted by Crippen LogP contribution is -2.26. The molecular weight excluding hydrogens is 312 g/mol. The highest BCUT2D eigenvalue weighted by Crippen LogP contribution is 2.51. The van der Waals surface area contributed by atoms with Gasteiger partial charge in [-0.2, -0.15) is 5.01 Å². The van der Waals surface area contributed by atoms with Gasteiger partial charge >= 0.3 is 6.09 Å². The maximum absolute atomic E-state index is 12.7. The molecule has 25 heavy (non-hydrogen) atoms. The number of hydrazine groups is 1. The van der Waals surface area contributed by atoms with Crippen molar-refractivity contribution in [1.82, 2.24) is 10.0 Å². The van der Waals surface area contributed by atoms with Gasteiger partial charge in [0.1, 0.15) is 12.3 Å². The molecule has 1 saturated carbocycles. The van der Waals surface area contributed by atoms with E-state index in [9.17, 15) is 4.79 Å². The van der Waals surface area contributed by atoms with Gasteiger partial charge in [0.2, 0.25) is 0 Å². The molecule has 4 heteroatoms. The molecule has 0 radical (unpaired) electrons. The zero-order chi connectivity index (χ0) is 17.1. The van der Waals surface area contributed by atoms with E-state index in [1.54, 1.807) is 0 Å². The van der Waals surface area contributed by atoms with Gasteiger partial charge in [-0.05, 0) is 36.8 Å². The Morgan fingerprint density at radius 3 is 2.12 bits per heavy atom. The fourth-order valence-corrected chi connectivity index (χ4v) is 3.94. The SMILES string of the molecule is O=C(OCc1ccccc1)N1N(Cc2ccccc2)C12CCCCC2. The molecule has 0 N–H and O–H groups in total. The van der Waals surface area contributed by atoms with Crippen molar-refractivity contribution in [2.45, 2.75) is 50.9 Å². The van der Waals surface area contributed by atoms with Crippen molar-refractivity contribution in [2.24, 2.45) is 0 Å². The standard InChI is InChI=1S/C21H24N2O2/c24-20(25-17-19-12-6-2-7-13-19)23-21(14-8-3-9-15-21)22(23)16-18-10-4-1-5-11-18/h1-2,4-7,10-13H,3,8-9,14-17H2. The van der Waals surface area contributed by atoms with E-state index >= 15 is 0 Å². The van der Waals surface area contributed by atoms with E-state index < -0.39 is 0 Å². The Labute approximate surface area is 149 Å². The summed E-state index contributed by atoms with van der Waals surface area (Å²) in [7, 11) is 0. The van der Waals surface area contributed by atoms with E-state index in [1.807, 2.05) is 53.5 Å². The summed E-state index contributed by atoms with van der Waals surface area (Å²) < 4.78 is 5.59. The van der Waals surface area contributed by atoms with Crippen LogP contribution >= 0.6 is 0 Å². The maximum Gasteiger partial charge on any atom is 0.426 e. The Morgan fingerprint density at radius 2 is 1.48 bits per heavy atom.